The molecule has 2 fully saturated rings. The van der Waals surface area contributed by atoms with Crippen LogP contribution in [0.3, 0.4) is 0 Å². The van der Waals surface area contributed by atoms with Crippen LogP contribution in [0, 0.1) is 5.92 Å². The number of benzene rings is 1. The van der Waals surface area contributed by atoms with Gasteiger partial charge in [0.1, 0.15) is 11.6 Å². The van der Waals surface area contributed by atoms with Gasteiger partial charge in [-0.2, -0.15) is 0 Å². The number of ketones is 1. The zero-order chi connectivity index (χ0) is 21.0. The highest BCUT2D eigenvalue weighted by atomic mass is 16.5. The lowest BCUT2D eigenvalue weighted by Crippen LogP contribution is -2.45. The monoisotopic (exact) mass is 417 g/mol. The van der Waals surface area contributed by atoms with E-state index in [-0.39, 0.29) is 11.7 Å². The Bertz CT molecular complexity index is 1040. The van der Waals surface area contributed by atoms with Gasteiger partial charge in [0.15, 0.2) is 0 Å². The summed E-state index contributed by atoms with van der Waals surface area (Å²) in [4.78, 5) is 33.1. The van der Waals surface area contributed by atoms with E-state index >= 15 is 0 Å². The normalized spacial score (nSPS) is 22.5. The lowest BCUT2D eigenvalue weighted by atomic mass is 9.82. The second-order valence-electron chi connectivity index (χ2n) is 8.45. The highest BCUT2D eigenvalue weighted by Crippen LogP contribution is 2.29. The highest BCUT2D eigenvalue weighted by Gasteiger charge is 2.30. The summed E-state index contributed by atoms with van der Waals surface area (Å²) in [6, 6.07) is 6.57. The molecule has 3 aromatic rings. The van der Waals surface area contributed by atoms with Crippen molar-refractivity contribution < 1.29 is 9.53 Å². The minimum atomic E-state index is 0.127. The van der Waals surface area contributed by atoms with Gasteiger partial charge in [-0.3, -0.25) is 19.7 Å². The average molecular weight is 418 g/mol. The molecule has 5 rings (SSSR count). The van der Waals surface area contributed by atoms with E-state index in [1.807, 2.05) is 18.2 Å². The van der Waals surface area contributed by atoms with Crippen LogP contribution in [0.4, 0.5) is 0 Å². The Labute approximate surface area is 181 Å². The van der Waals surface area contributed by atoms with Crippen molar-refractivity contribution in [1.29, 1.82) is 0 Å². The van der Waals surface area contributed by atoms with Crippen LogP contribution in [-0.4, -0.2) is 63.0 Å². The van der Waals surface area contributed by atoms with E-state index in [0.29, 0.717) is 18.3 Å². The highest BCUT2D eigenvalue weighted by molar-refractivity contribution is 5.85. The van der Waals surface area contributed by atoms with E-state index in [4.69, 9.17) is 4.74 Å². The van der Waals surface area contributed by atoms with E-state index in [1.165, 1.54) is 0 Å². The van der Waals surface area contributed by atoms with E-state index in [1.54, 1.807) is 24.8 Å². The van der Waals surface area contributed by atoms with Gasteiger partial charge in [0, 0.05) is 54.6 Å². The summed E-state index contributed by atoms with van der Waals surface area (Å²) in [6.07, 6.45) is 11.3. The molecule has 0 amide bonds. The molecule has 1 aromatic carbocycles. The Morgan fingerprint density at radius 3 is 2.65 bits per heavy atom. The lowest BCUT2D eigenvalue weighted by Gasteiger charge is -2.38. The maximum absolute atomic E-state index is 12.9. The third-order valence-electron chi connectivity index (χ3n) is 6.54. The number of ether oxygens (including phenoxy) is 1. The fraction of sp³-hybridized carbons (Fsp3) is 0.458. The summed E-state index contributed by atoms with van der Waals surface area (Å²) < 4.78 is 5.46. The standard InChI is InChI=1S/C24H27N5O2/c30-23(17-3-5-20(6-4-17)29-9-11-31-12-10-29)14-24-27-15-19-2-1-18(13-21(19)28-24)22-16-25-7-8-26-22/h1-2,7-8,13,15-17,20H,3-6,9-12,14H2. The molecule has 160 valence electrons. The van der Waals surface area contributed by atoms with Gasteiger partial charge >= 0.3 is 0 Å². The van der Waals surface area contributed by atoms with E-state index in [9.17, 15) is 4.79 Å². The Kier molecular flexibility index (Phi) is 5.95. The lowest BCUT2D eigenvalue weighted by molar-refractivity contribution is -0.123. The molecule has 1 aliphatic heterocycles. The molecule has 1 saturated carbocycles. The number of rotatable bonds is 5. The van der Waals surface area contributed by atoms with Crippen molar-refractivity contribution >= 4 is 16.7 Å². The first-order valence-electron chi connectivity index (χ1n) is 11.1. The van der Waals surface area contributed by atoms with Gasteiger partial charge in [0.05, 0.1) is 37.0 Å². The molecule has 7 heteroatoms. The SMILES string of the molecule is O=C(Cc1ncc2ccc(-c3cnccn3)cc2n1)C1CCC(N2CCOCC2)CC1. The maximum Gasteiger partial charge on any atom is 0.143 e. The zero-order valence-electron chi connectivity index (χ0n) is 17.6. The van der Waals surface area contributed by atoms with Crippen LogP contribution in [0.15, 0.2) is 43.0 Å². The summed E-state index contributed by atoms with van der Waals surface area (Å²) in [7, 11) is 0. The number of Topliss-reactive ketones (excluding diaryl/α,β-unsaturated/α-hetero) is 1. The summed E-state index contributed by atoms with van der Waals surface area (Å²) in [6.45, 7) is 3.70. The molecule has 2 aliphatic rings. The van der Waals surface area contributed by atoms with Crippen molar-refractivity contribution in [2.24, 2.45) is 5.92 Å². The molecule has 0 spiro atoms. The van der Waals surface area contributed by atoms with Crippen molar-refractivity contribution in [2.75, 3.05) is 26.3 Å². The van der Waals surface area contributed by atoms with Crippen LogP contribution in [0.25, 0.3) is 22.2 Å². The molecule has 2 aromatic heterocycles. The van der Waals surface area contributed by atoms with Gasteiger partial charge in [-0.25, -0.2) is 9.97 Å². The van der Waals surface area contributed by atoms with Gasteiger partial charge in [-0.1, -0.05) is 12.1 Å². The molecule has 7 nitrogen and oxygen atoms in total. The summed E-state index contributed by atoms with van der Waals surface area (Å²) in [5.41, 5.74) is 2.59. The molecular weight excluding hydrogens is 390 g/mol. The third kappa shape index (κ3) is 4.62. The number of nitrogens with zero attached hydrogens (tertiary/aromatic N) is 5. The maximum atomic E-state index is 12.9. The van der Waals surface area contributed by atoms with Crippen molar-refractivity contribution in [3.8, 4) is 11.3 Å². The van der Waals surface area contributed by atoms with Gasteiger partial charge in [-0.15, -0.1) is 0 Å². The van der Waals surface area contributed by atoms with E-state index < -0.39 is 0 Å². The largest absolute Gasteiger partial charge is 0.379 e. The van der Waals surface area contributed by atoms with Crippen molar-refractivity contribution in [3.05, 3.63) is 48.8 Å². The van der Waals surface area contributed by atoms with Gasteiger partial charge in [-0.05, 0) is 31.7 Å². The van der Waals surface area contributed by atoms with Crippen LogP contribution in [0.2, 0.25) is 0 Å². The second kappa shape index (κ2) is 9.16. The van der Waals surface area contributed by atoms with Crippen LogP contribution in [0.5, 0.6) is 0 Å². The van der Waals surface area contributed by atoms with Gasteiger partial charge < -0.3 is 4.74 Å². The number of hydrogen-bond donors (Lipinski definition) is 0. The molecule has 0 atom stereocenters. The first-order chi connectivity index (χ1) is 15.3. The molecule has 31 heavy (non-hydrogen) atoms. The number of fused-ring (bicyclic) bond motifs is 1. The zero-order valence-corrected chi connectivity index (χ0v) is 17.6. The smallest absolute Gasteiger partial charge is 0.143 e. The molecule has 0 N–H and O–H groups in total. The average Bonchev–Trinajstić information content (AvgIpc) is 2.85. The topological polar surface area (TPSA) is 81.1 Å². The predicted octanol–water partition coefficient (Wildman–Crippen LogP) is 3.09. The van der Waals surface area contributed by atoms with Gasteiger partial charge in [0.25, 0.3) is 0 Å². The van der Waals surface area contributed by atoms with Gasteiger partial charge in [0.2, 0.25) is 0 Å². The van der Waals surface area contributed by atoms with Crippen molar-refractivity contribution in [1.82, 2.24) is 24.8 Å². The Morgan fingerprint density at radius 2 is 1.87 bits per heavy atom. The minimum absolute atomic E-state index is 0.127. The number of aromatic nitrogens is 4. The van der Waals surface area contributed by atoms with Crippen molar-refractivity contribution in [3.63, 3.8) is 0 Å². The fourth-order valence-corrected chi connectivity index (χ4v) is 4.76. The molecule has 3 heterocycles. The third-order valence-corrected chi connectivity index (χ3v) is 6.54. The van der Waals surface area contributed by atoms with Crippen LogP contribution in [0.1, 0.15) is 31.5 Å². The molecule has 0 unspecified atom stereocenters. The Balaban J connectivity index is 1.24. The molecule has 1 saturated heterocycles. The fourth-order valence-electron chi connectivity index (χ4n) is 4.76. The number of morpholine rings is 1. The molecule has 0 bridgehead atoms. The van der Waals surface area contributed by atoms with E-state index in [2.05, 4.69) is 24.8 Å². The summed E-state index contributed by atoms with van der Waals surface area (Å²) in [5, 5.41) is 0.954. The first kappa shape index (κ1) is 20.2. The second-order valence-corrected chi connectivity index (χ2v) is 8.45. The molecular formula is C24H27N5O2. The predicted molar refractivity (Wildman–Crippen MR) is 117 cm³/mol. The number of carbonyl (C=O) groups excluding carboxylic acids is 1. The van der Waals surface area contributed by atoms with Crippen LogP contribution in [-0.2, 0) is 16.0 Å². The van der Waals surface area contributed by atoms with Crippen molar-refractivity contribution in [2.45, 2.75) is 38.1 Å². The van der Waals surface area contributed by atoms with Crippen LogP contribution >= 0.6 is 0 Å². The Hall–Kier alpha value is -2.77. The molecule has 1 aliphatic carbocycles. The number of hydrogen-bond acceptors (Lipinski definition) is 7. The van der Waals surface area contributed by atoms with E-state index in [0.717, 1.165) is 74.1 Å². The quantitative estimate of drug-likeness (QED) is 0.631. The summed E-state index contributed by atoms with van der Waals surface area (Å²) in [5.74, 6) is 0.997. The Morgan fingerprint density at radius 1 is 1.03 bits per heavy atom. The summed E-state index contributed by atoms with van der Waals surface area (Å²) >= 11 is 0. The molecule has 0 radical (unpaired) electrons. The number of carbonyl (C=O) groups is 1. The minimum Gasteiger partial charge on any atom is -0.379 e. The first-order valence-corrected chi connectivity index (χ1v) is 11.1. The van der Waals surface area contributed by atoms with Crippen LogP contribution < -0.4 is 0 Å².